The fraction of sp³-hybridized carbons (Fsp3) is 0.100. The Morgan fingerprint density at radius 2 is 1.58 bits per heavy atom. The molecule has 0 saturated carbocycles. The van der Waals surface area contributed by atoms with Crippen molar-refractivity contribution in [3.63, 3.8) is 0 Å². The van der Waals surface area contributed by atoms with Gasteiger partial charge in [-0.2, -0.15) is 0 Å². The number of ether oxygens (including phenoxy) is 1. The van der Waals surface area contributed by atoms with E-state index >= 15 is 0 Å². The predicted octanol–water partition coefficient (Wildman–Crippen LogP) is 7.49. The zero-order valence-electron chi connectivity index (χ0n) is 13.6. The maximum absolute atomic E-state index is 6.14. The third kappa shape index (κ3) is 5.21. The summed E-state index contributed by atoms with van der Waals surface area (Å²) >= 11 is 24.2. The van der Waals surface area contributed by atoms with Gasteiger partial charge in [-0.25, -0.2) is 0 Å². The Kier molecular flexibility index (Phi) is 6.55. The highest BCUT2D eigenvalue weighted by Gasteiger charge is 2.07. The molecule has 3 rings (SSSR count). The van der Waals surface area contributed by atoms with Gasteiger partial charge in [0.2, 0.25) is 0 Å². The lowest BCUT2D eigenvalue weighted by Gasteiger charge is -2.14. The minimum absolute atomic E-state index is 0.419. The van der Waals surface area contributed by atoms with Gasteiger partial charge in [-0.1, -0.05) is 58.5 Å². The van der Waals surface area contributed by atoms with Gasteiger partial charge in [0, 0.05) is 27.8 Å². The smallest absolute Gasteiger partial charge is 0.124 e. The van der Waals surface area contributed by atoms with Gasteiger partial charge in [-0.05, 0) is 54.1 Å². The van der Waals surface area contributed by atoms with E-state index in [9.17, 15) is 0 Å². The van der Waals surface area contributed by atoms with E-state index in [2.05, 4.69) is 5.32 Å². The van der Waals surface area contributed by atoms with Gasteiger partial charge in [-0.15, -0.1) is 0 Å². The Morgan fingerprint density at radius 1 is 0.769 bits per heavy atom. The van der Waals surface area contributed by atoms with Gasteiger partial charge in [-0.3, -0.25) is 0 Å². The number of nitrogens with one attached hydrogen (secondary N) is 1. The number of anilines is 1. The van der Waals surface area contributed by atoms with Crippen LogP contribution >= 0.6 is 46.4 Å². The standard InChI is InChI=1S/C20H15Cl4NO/c21-15-3-1-2-13(8-15)12-26-20-7-4-16(22)9-14(20)11-25-17-5-6-18(23)19(24)10-17/h1-10,25H,11-12H2. The molecule has 0 heterocycles. The van der Waals surface area contributed by atoms with Gasteiger partial charge in [0.15, 0.2) is 0 Å². The molecule has 0 aliphatic rings. The third-order valence-corrected chi connectivity index (χ3v) is 4.92. The van der Waals surface area contributed by atoms with Crippen molar-refractivity contribution in [1.29, 1.82) is 0 Å². The van der Waals surface area contributed by atoms with E-state index in [1.807, 2.05) is 42.5 Å². The van der Waals surface area contributed by atoms with Crippen molar-refractivity contribution in [2.45, 2.75) is 13.2 Å². The molecule has 0 aromatic heterocycles. The molecule has 26 heavy (non-hydrogen) atoms. The van der Waals surface area contributed by atoms with Crippen LogP contribution in [0, 0.1) is 0 Å². The first-order valence-electron chi connectivity index (χ1n) is 7.86. The van der Waals surface area contributed by atoms with E-state index < -0.39 is 0 Å². The number of rotatable bonds is 6. The van der Waals surface area contributed by atoms with Crippen LogP contribution in [0.1, 0.15) is 11.1 Å². The summed E-state index contributed by atoms with van der Waals surface area (Å²) in [5.41, 5.74) is 2.79. The highest BCUT2D eigenvalue weighted by molar-refractivity contribution is 6.42. The number of hydrogen-bond donors (Lipinski definition) is 1. The molecule has 6 heteroatoms. The molecule has 0 fully saturated rings. The summed E-state index contributed by atoms with van der Waals surface area (Å²) in [4.78, 5) is 0. The monoisotopic (exact) mass is 425 g/mol. The van der Waals surface area contributed by atoms with Gasteiger partial charge in [0.05, 0.1) is 10.0 Å². The Balaban J connectivity index is 1.71. The zero-order valence-corrected chi connectivity index (χ0v) is 16.6. The largest absolute Gasteiger partial charge is 0.489 e. The second-order valence-electron chi connectivity index (χ2n) is 5.65. The normalized spacial score (nSPS) is 10.6. The second kappa shape index (κ2) is 8.88. The van der Waals surface area contributed by atoms with Crippen LogP contribution in [-0.2, 0) is 13.2 Å². The maximum Gasteiger partial charge on any atom is 0.124 e. The lowest BCUT2D eigenvalue weighted by molar-refractivity contribution is 0.303. The van der Waals surface area contributed by atoms with E-state index in [0.29, 0.717) is 33.2 Å². The molecule has 0 radical (unpaired) electrons. The van der Waals surface area contributed by atoms with Crippen molar-refractivity contribution < 1.29 is 4.74 Å². The highest BCUT2D eigenvalue weighted by Crippen LogP contribution is 2.28. The first-order chi connectivity index (χ1) is 12.5. The topological polar surface area (TPSA) is 21.3 Å². The van der Waals surface area contributed by atoms with Crippen molar-refractivity contribution in [3.8, 4) is 5.75 Å². The molecule has 0 atom stereocenters. The Labute approximate surface area is 172 Å². The molecule has 0 aliphatic carbocycles. The van der Waals surface area contributed by atoms with Gasteiger partial charge < -0.3 is 10.1 Å². The molecular weight excluding hydrogens is 412 g/mol. The lowest BCUT2D eigenvalue weighted by atomic mass is 10.2. The summed E-state index contributed by atoms with van der Waals surface area (Å²) in [7, 11) is 0. The van der Waals surface area contributed by atoms with Crippen LogP contribution in [0.15, 0.2) is 60.7 Å². The van der Waals surface area contributed by atoms with Crippen molar-refractivity contribution in [2.24, 2.45) is 0 Å². The predicted molar refractivity (Wildman–Crippen MR) is 111 cm³/mol. The van der Waals surface area contributed by atoms with Crippen LogP contribution in [0.4, 0.5) is 5.69 Å². The zero-order chi connectivity index (χ0) is 18.5. The van der Waals surface area contributed by atoms with Crippen LogP contribution in [0.2, 0.25) is 20.1 Å². The van der Waals surface area contributed by atoms with Gasteiger partial charge in [0.1, 0.15) is 12.4 Å². The minimum atomic E-state index is 0.419. The van der Waals surface area contributed by atoms with E-state index in [1.165, 1.54) is 0 Å². The molecule has 0 amide bonds. The summed E-state index contributed by atoms with van der Waals surface area (Å²) < 4.78 is 5.96. The first kappa shape index (κ1) is 19.2. The Morgan fingerprint density at radius 3 is 2.35 bits per heavy atom. The van der Waals surface area contributed by atoms with E-state index in [4.69, 9.17) is 51.1 Å². The second-order valence-corrected chi connectivity index (χ2v) is 7.34. The van der Waals surface area contributed by atoms with E-state index in [1.54, 1.807) is 18.2 Å². The van der Waals surface area contributed by atoms with Crippen LogP contribution in [0.5, 0.6) is 5.75 Å². The molecule has 3 aromatic rings. The molecule has 0 spiro atoms. The number of benzene rings is 3. The van der Waals surface area contributed by atoms with Crippen molar-refractivity contribution in [3.05, 3.63) is 91.9 Å². The fourth-order valence-electron chi connectivity index (χ4n) is 2.42. The third-order valence-electron chi connectivity index (χ3n) is 3.71. The summed E-state index contributed by atoms with van der Waals surface area (Å²) in [5, 5.41) is 5.65. The van der Waals surface area contributed by atoms with Gasteiger partial charge in [0.25, 0.3) is 0 Å². The summed E-state index contributed by atoms with van der Waals surface area (Å²) in [6, 6.07) is 18.5. The molecular formula is C20H15Cl4NO. The van der Waals surface area contributed by atoms with E-state index in [-0.39, 0.29) is 0 Å². The molecule has 134 valence electrons. The summed E-state index contributed by atoms with van der Waals surface area (Å²) in [6.07, 6.45) is 0. The highest BCUT2D eigenvalue weighted by atomic mass is 35.5. The van der Waals surface area contributed by atoms with Crippen molar-refractivity contribution in [2.75, 3.05) is 5.32 Å². The molecule has 3 aromatic carbocycles. The van der Waals surface area contributed by atoms with Crippen molar-refractivity contribution >= 4 is 52.1 Å². The molecule has 0 aliphatic heterocycles. The van der Waals surface area contributed by atoms with Crippen LogP contribution in [-0.4, -0.2) is 0 Å². The first-order valence-corrected chi connectivity index (χ1v) is 9.37. The Bertz CT molecular complexity index is 914. The number of hydrogen-bond acceptors (Lipinski definition) is 2. The SMILES string of the molecule is Clc1cccc(COc2ccc(Cl)cc2CNc2ccc(Cl)c(Cl)c2)c1. The van der Waals surface area contributed by atoms with Crippen molar-refractivity contribution in [1.82, 2.24) is 0 Å². The quantitative estimate of drug-likeness (QED) is 0.440. The van der Waals surface area contributed by atoms with E-state index in [0.717, 1.165) is 22.6 Å². The molecule has 2 nitrogen and oxygen atoms in total. The summed E-state index contributed by atoms with van der Waals surface area (Å²) in [5.74, 6) is 0.752. The Hall–Kier alpha value is -1.58. The molecule has 0 bridgehead atoms. The molecule has 0 unspecified atom stereocenters. The van der Waals surface area contributed by atoms with Crippen LogP contribution in [0.25, 0.3) is 0 Å². The number of halogens is 4. The fourth-order valence-corrected chi connectivity index (χ4v) is 3.12. The van der Waals surface area contributed by atoms with Gasteiger partial charge >= 0.3 is 0 Å². The summed E-state index contributed by atoms with van der Waals surface area (Å²) in [6.45, 7) is 0.950. The average Bonchev–Trinajstić information content (AvgIpc) is 2.62. The molecule has 0 saturated heterocycles. The molecule has 1 N–H and O–H groups in total. The van der Waals surface area contributed by atoms with Crippen LogP contribution in [0.3, 0.4) is 0 Å². The average molecular weight is 427 g/mol. The minimum Gasteiger partial charge on any atom is -0.489 e. The maximum atomic E-state index is 6.14. The van der Waals surface area contributed by atoms with Crippen LogP contribution < -0.4 is 10.1 Å². The lowest BCUT2D eigenvalue weighted by Crippen LogP contribution is -2.04.